The summed E-state index contributed by atoms with van der Waals surface area (Å²) in [6.07, 6.45) is 2.57. The number of nitrogens with one attached hydrogen (secondary N) is 1. The van der Waals surface area contributed by atoms with Crippen LogP contribution in [0.25, 0.3) is 0 Å². The molecule has 0 bridgehead atoms. The minimum absolute atomic E-state index is 0.375. The van der Waals surface area contributed by atoms with E-state index < -0.39 is 6.04 Å². The molecule has 7 nitrogen and oxygen atoms in total. The number of thioether (sulfide) groups is 1. The third-order valence-corrected chi connectivity index (χ3v) is 4.70. The van der Waals surface area contributed by atoms with Crippen LogP contribution >= 0.6 is 11.8 Å². The molecule has 1 aromatic carbocycles. The molecule has 0 unspecified atom stereocenters. The van der Waals surface area contributed by atoms with Gasteiger partial charge in [0.2, 0.25) is 11.1 Å². The predicted molar refractivity (Wildman–Crippen MR) is 101 cm³/mol. The molecule has 0 aliphatic carbocycles. The maximum absolute atomic E-state index is 12.6. The second-order valence-corrected chi connectivity index (χ2v) is 6.41. The zero-order chi connectivity index (χ0) is 18.7. The van der Waals surface area contributed by atoms with E-state index in [1.165, 1.54) is 18.9 Å². The molecule has 2 aromatic rings. The normalized spacial score (nSPS) is 16.1. The van der Waals surface area contributed by atoms with Gasteiger partial charge in [-0.2, -0.15) is 4.98 Å². The molecule has 1 atom stereocenters. The van der Waals surface area contributed by atoms with Crippen molar-refractivity contribution in [3.63, 3.8) is 0 Å². The highest BCUT2D eigenvalue weighted by Crippen LogP contribution is 2.37. The lowest BCUT2D eigenvalue weighted by atomic mass is 9.94. The summed E-state index contributed by atoms with van der Waals surface area (Å²) in [5.74, 6) is 1.03. The fourth-order valence-electron chi connectivity index (χ4n) is 2.99. The fraction of sp³-hybridized carbons (Fsp3) is 0.389. The molecular formula is C18H22N4O3S. The lowest BCUT2D eigenvalue weighted by Crippen LogP contribution is -2.30. The quantitative estimate of drug-likeness (QED) is 0.614. The minimum Gasteiger partial charge on any atom is -0.494 e. The molecule has 26 heavy (non-hydrogen) atoms. The van der Waals surface area contributed by atoms with Gasteiger partial charge in [0, 0.05) is 5.70 Å². The monoisotopic (exact) mass is 374 g/mol. The first-order valence-corrected chi connectivity index (χ1v) is 9.67. The van der Waals surface area contributed by atoms with Crippen molar-refractivity contribution < 1.29 is 14.3 Å². The number of carbonyl (C=O) groups is 1. The second-order valence-electron chi connectivity index (χ2n) is 5.63. The predicted octanol–water partition coefficient (Wildman–Crippen LogP) is 3.25. The Hall–Kier alpha value is -2.48. The number of esters is 1. The minimum atomic E-state index is -0.405. The van der Waals surface area contributed by atoms with Crippen LogP contribution in [0.2, 0.25) is 0 Å². The summed E-state index contributed by atoms with van der Waals surface area (Å²) in [6, 6.07) is 7.28. The van der Waals surface area contributed by atoms with Gasteiger partial charge >= 0.3 is 5.97 Å². The van der Waals surface area contributed by atoms with E-state index in [0.29, 0.717) is 29.7 Å². The number of ether oxygens (including phenoxy) is 2. The van der Waals surface area contributed by atoms with Crippen molar-refractivity contribution in [1.29, 1.82) is 0 Å². The molecule has 1 aliphatic rings. The van der Waals surface area contributed by atoms with Crippen LogP contribution in [0.5, 0.6) is 5.75 Å². The number of rotatable bonds is 6. The number of anilines is 1. The van der Waals surface area contributed by atoms with Crippen molar-refractivity contribution in [3.05, 3.63) is 41.1 Å². The standard InChI is InChI=1S/C18H22N4O3S/c1-5-13-14(16(23)24-3)15(11-7-9-12(10-8-11)25-6-2)22-17(19-13)20-18(21-22)26-4/h7-10,15H,5-6H2,1-4H3,(H,19,20,21)/t15-/m1/s1. The zero-order valence-corrected chi connectivity index (χ0v) is 16.1. The van der Waals surface area contributed by atoms with Gasteiger partial charge < -0.3 is 14.8 Å². The Bertz CT molecular complexity index is 829. The first-order chi connectivity index (χ1) is 12.6. The van der Waals surface area contributed by atoms with Gasteiger partial charge in [-0.3, -0.25) is 0 Å². The topological polar surface area (TPSA) is 78.3 Å². The van der Waals surface area contributed by atoms with Crippen molar-refractivity contribution in [3.8, 4) is 5.75 Å². The third kappa shape index (κ3) is 3.29. The van der Waals surface area contributed by atoms with Crippen molar-refractivity contribution in [2.45, 2.75) is 31.5 Å². The Balaban J connectivity index is 2.14. The lowest BCUT2D eigenvalue weighted by Gasteiger charge is -2.28. The van der Waals surface area contributed by atoms with Crippen LogP contribution in [0.1, 0.15) is 31.9 Å². The van der Waals surface area contributed by atoms with Crippen LogP contribution in [0.15, 0.2) is 40.7 Å². The van der Waals surface area contributed by atoms with Crippen LogP contribution in [0.4, 0.5) is 5.95 Å². The van der Waals surface area contributed by atoms with Crippen molar-refractivity contribution in [2.24, 2.45) is 0 Å². The number of hydrogen-bond acceptors (Lipinski definition) is 7. The summed E-state index contributed by atoms with van der Waals surface area (Å²) in [4.78, 5) is 17.1. The Kier molecular flexibility index (Phi) is 5.51. The van der Waals surface area contributed by atoms with E-state index >= 15 is 0 Å². The van der Waals surface area contributed by atoms with Crippen LogP contribution < -0.4 is 10.1 Å². The van der Waals surface area contributed by atoms with Crippen LogP contribution in [-0.4, -0.2) is 40.7 Å². The van der Waals surface area contributed by atoms with Gasteiger partial charge in [0.25, 0.3) is 0 Å². The summed E-state index contributed by atoms with van der Waals surface area (Å²) in [6.45, 7) is 4.53. The molecule has 1 aromatic heterocycles. The molecule has 0 saturated carbocycles. The van der Waals surface area contributed by atoms with Crippen molar-refractivity contribution in [2.75, 3.05) is 25.3 Å². The van der Waals surface area contributed by atoms with E-state index in [1.54, 1.807) is 4.68 Å². The number of carbonyl (C=O) groups excluding carboxylic acids is 1. The van der Waals surface area contributed by atoms with Gasteiger partial charge in [-0.05, 0) is 37.3 Å². The molecular weight excluding hydrogens is 352 g/mol. The second kappa shape index (κ2) is 7.82. The number of benzene rings is 1. The Labute approximate surface area is 156 Å². The molecule has 3 rings (SSSR count). The Morgan fingerprint density at radius 3 is 2.62 bits per heavy atom. The molecule has 1 N–H and O–H groups in total. The van der Waals surface area contributed by atoms with Crippen LogP contribution in [0, 0.1) is 0 Å². The number of fused-ring (bicyclic) bond motifs is 1. The highest BCUT2D eigenvalue weighted by Gasteiger charge is 2.35. The molecule has 0 saturated heterocycles. The first kappa shape index (κ1) is 18.3. The number of aromatic nitrogens is 3. The van der Waals surface area contributed by atoms with Gasteiger partial charge in [0.15, 0.2) is 0 Å². The van der Waals surface area contributed by atoms with Crippen LogP contribution in [-0.2, 0) is 9.53 Å². The van der Waals surface area contributed by atoms with E-state index in [1.807, 2.05) is 44.4 Å². The van der Waals surface area contributed by atoms with Gasteiger partial charge in [-0.15, -0.1) is 5.10 Å². The number of methoxy groups -OCH3 is 1. The van der Waals surface area contributed by atoms with E-state index in [0.717, 1.165) is 17.0 Å². The smallest absolute Gasteiger partial charge is 0.338 e. The number of allylic oxidation sites excluding steroid dienone is 1. The largest absolute Gasteiger partial charge is 0.494 e. The highest BCUT2D eigenvalue weighted by atomic mass is 32.2. The van der Waals surface area contributed by atoms with Gasteiger partial charge in [-0.1, -0.05) is 30.8 Å². The molecule has 0 fully saturated rings. The zero-order valence-electron chi connectivity index (χ0n) is 15.3. The molecule has 0 amide bonds. The molecule has 2 heterocycles. The van der Waals surface area contributed by atoms with E-state index in [4.69, 9.17) is 9.47 Å². The Morgan fingerprint density at radius 2 is 2.04 bits per heavy atom. The van der Waals surface area contributed by atoms with Gasteiger partial charge in [0.05, 0.1) is 19.3 Å². The van der Waals surface area contributed by atoms with Crippen molar-refractivity contribution >= 4 is 23.7 Å². The molecule has 1 aliphatic heterocycles. The molecule has 0 spiro atoms. The summed E-state index contributed by atoms with van der Waals surface area (Å²) in [5.41, 5.74) is 2.26. The molecule has 8 heteroatoms. The Morgan fingerprint density at radius 1 is 1.31 bits per heavy atom. The van der Waals surface area contributed by atoms with E-state index in [9.17, 15) is 4.79 Å². The number of hydrogen-bond donors (Lipinski definition) is 1. The average molecular weight is 374 g/mol. The fourth-order valence-corrected chi connectivity index (χ4v) is 3.34. The summed E-state index contributed by atoms with van der Waals surface area (Å²) < 4.78 is 12.3. The summed E-state index contributed by atoms with van der Waals surface area (Å²) >= 11 is 1.46. The first-order valence-electron chi connectivity index (χ1n) is 8.44. The summed E-state index contributed by atoms with van der Waals surface area (Å²) in [7, 11) is 1.39. The summed E-state index contributed by atoms with van der Waals surface area (Å²) in [5, 5.41) is 8.43. The van der Waals surface area contributed by atoms with Crippen LogP contribution in [0.3, 0.4) is 0 Å². The highest BCUT2D eigenvalue weighted by molar-refractivity contribution is 7.98. The van der Waals surface area contributed by atoms with E-state index in [2.05, 4.69) is 15.4 Å². The van der Waals surface area contributed by atoms with E-state index in [-0.39, 0.29) is 5.97 Å². The van der Waals surface area contributed by atoms with Gasteiger partial charge in [-0.25, -0.2) is 9.48 Å². The van der Waals surface area contributed by atoms with Gasteiger partial charge in [0.1, 0.15) is 11.8 Å². The third-order valence-electron chi connectivity index (χ3n) is 4.17. The van der Waals surface area contributed by atoms with Crippen molar-refractivity contribution in [1.82, 2.24) is 14.8 Å². The molecule has 0 radical (unpaired) electrons. The average Bonchev–Trinajstić information content (AvgIpc) is 3.09. The lowest BCUT2D eigenvalue weighted by molar-refractivity contribution is -0.136. The maximum Gasteiger partial charge on any atom is 0.338 e. The molecule has 138 valence electrons. The maximum atomic E-state index is 12.6. The number of nitrogens with zero attached hydrogens (tertiary/aromatic N) is 3. The SMILES string of the molecule is CCOc1ccc([C@@H]2C(C(=O)OC)=C(CC)Nc3nc(SC)nn32)cc1.